The van der Waals surface area contributed by atoms with Gasteiger partial charge in [0.15, 0.2) is 0 Å². The number of hydrogen-bond acceptors (Lipinski definition) is 4. The monoisotopic (exact) mass is 428 g/mol. The van der Waals surface area contributed by atoms with Crippen molar-refractivity contribution >= 4 is 34.0 Å². The molecule has 0 saturated heterocycles. The fraction of sp³-hybridized carbons (Fsp3) is 0.0417. The molecule has 2 aromatic heterocycles. The Bertz CT molecular complexity index is 1340. The van der Waals surface area contributed by atoms with Crippen LogP contribution >= 0.6 is 11.3 Å². The van der Waals surface area contributed by atoms with E-state index < -0.39 is 0 Å². The predicted octanol–water partition coefficient (Wildman–Crippen LogP) is 5.67. The first-order valence-electron chi connectivity index (χ1n) is 9.70. The molecule has 7 heteroatoms. The number of thiazole rings is 1. The third-order valence-electron chi connectivity index (χ3n) is 4.85. The van der Waals surface area contributed by atoms with Gasteiger partial charge in [-0.2, -0.15) is 0 Å². The lowest BCUT2D eigenvalue weighted by Crippen LogP contribution is -2.15. The van der Waals surface area contributed by atoms with Crippen LogP contribution in [0.5, 0.6) is 0 Å². The number of nitrogens with one attached hydrogen (secondary N) is 2. The first-order valence-corrected chi connectivity index (χ1v) is 10.6. The number of fused-ring (bicyclic) bond motifs is 1. The van der Waals surface area contributed by atoms with Gasteiger partial charge in [-0.3, -0.25) is 4.79 Å². The van der Waals surface area contributed by atoms with Crippen LogP contribution in [0, 0.1) is 5.82 Å². The molecule has 0 aliphatic heterocycles. The van der Waals surface area contributed by atoms with Crippen molar-refractivity contribution in [2.24, 2.45) is 0 Å². The zero-order valence-corrected chi connectivity index (χ0v) is 17.1. The van der Waals surface area contributed by atoms with Gasteiger partial charge in [-0.05, 0) is 48.5 Å². The number of benzene rings is 3. The van der Waals surface area contributed by atoms with Gasteiger partial charge in [0, 0.05) is 16.5 Å². The van der Waals surface area contributed by atoms with Crippen molar-refractivity contribution in [2.45, 2.75) is 6.42 Å². The SMILES string of the molecule is O=C(Cc1nc(-c2ccc(F)cc2)cs1)Nc1ccccc1-c1nc2ccccc2[nH]1. The summed E-state index contributed by atoms with van der Waals surface area (Å²) < 4.78 is 13.1. The first-order chi connectivity index (χ1) is 15.2. The second-order valence-corrected chi connectivity index (χ2v) is 7.95. The van der Waals surface area contributed by atoms with Gasteiger partial charge >= 0.3 is 0 Å². The van der Waals surface area contributed by atoms with Gasteiger partial charge in [0.2, 0.25) is 5.91 Å². The number of H-pyrrole nitrogens is 1. The van der Waals surface area contributed by atoms with E-state index in [0.717, 1.165) is 27.9 Å². The van der Waals surface area contributed by atoms with Crippen LogP contribution in [-0.2, 0) is 11.2 Å². The Morgan fingerprint density at radius 2 is 1.74 bits per heavy atom. The van der Waals surface area contributed by atoms with E-state index in [-0.39, 0.29) is 18.1 Å². The average Bonchev–Trinajstić information content (AvgIpc) is 3.41. The molecular formula is C24H17FN4OS. The zero-order chi connectivity index (χ0) is 21.2. The number of nitrogens with zero attached hydrogens (tertiary/aromatic N) is 2. The molecule has 2 heterocycles. The second kappa shape index (κ2) is 8.12. The minimum Gasteiger partial charge on any atom is -0.338 e. The van der Waals surface area contributed by atoms with E-state index >= 15 is 0 Å². The van der Waals surface area contributed by atoms with Gasteiger partial charge in [-0.15, -0.1) is 11.3 Å². The van der Waals surface area contributed by atoms with E-state index in [1.54, 1.807) is 12.1 Å². The Hall–Kier alpha value is -3.84. The van der Waals surface area contributed by atoms with Crippen molar-refractivity contribution in [3.63, 3.8) is 0 Å². The fourth-order valence-corrected chi connectivity index (χ4v) is 4.16. The average molecular weight is 428 g/mol. The van der Waals surface area contributed by atoms with Gasteiger partial charge in [0.25, 0.3) is 0 Å². The largest absolute Gasteiger partial charge is 0.338 e. The van der Waals surface area contributed by atoms with Crippen molar-refractivity contribution in [3.05, 3.63) is 89.0 Å². The molecule has 0 atom stereocenters. The Morgan fingerprint density at radius 3 is 2.58 bits per heavy atom. The lowest BCUT2D eigenvalue weighted by atomic mass is 10.1. The topological polar surface area (TPSA) is 70.7 Å². The van der Waals surface area contributed by atoms with Gasteiger partial charge in [0.1, 0.15) is 16.6 Å². The highest BCUT2D eigenvalue weighted by atomic mass is 32.1. The number of para-hydroxylation sites is 3. The molecule has 5 nitrogen and oxygen atoms in total. The van der Waals surface area contributed by atoms with Crippen molar-refractivity contribution < 1.29 is 9.18 Å². The molecule has 0 aliphatic rings. The Kier molecular flexibility index (Phi) is 5.01. The van der Waals surface area contributed by atoms with Crippen LogP contribution in [0.4, 0.5) is 10.1 Å². The van der Waals surface area contributed by atoms with Gasteiger partial charge in [0.05, 0.1) is 28.8 Å². The fourth-order valence-electron chi connectivity index (χ4n) is 3.36. The normalized spacial score (nSPS) is 11.0. The molecule has 5 rings (SSSR count). The number of aromatic amines is 1. The third-order valence-corrected chi connectivity index (χ3v) is 5.70. The van der Waals surface area contributed by atoms with Crippen LogP contribution in [0.2, 0.25) is 0 Å². The molecule has 0 aliphatic carbocycles. The molecule has 5 aromatic rings. The maximum absolute atomic E-state index is 13.1. The van der Waals surface area contributed by atoms with Crippen LogP contribution in [0.15, 0.2) is 78.2 Å². The molecule has 1 amide bonds. The van der Waals surface area contributed by atoms with E-state index in [1.807, 2.05) is 53.9 Å². The minimum absolute atomic E-state index is 0.153. The Labute approximate surface area is 181 Å². The summed E-state index contributed by atoms with van der Waals surface area (Å²) in [6.07, 6.45) is 0.153. The summed E-state index contributed by atoms with van der Waals surface area (Å²) in [7, 11) is 0. The summed E-state index contributed by atoms with van der Waals surface area (Å²) in [6.45, 7) is 0. The van der Waals surface area contributed by atoms with Crippen LogP contribution in [0.25, 0.3) is 33.7 Å². The van der Waals surface area contributed by atoms with Gasteiger partial charge in [-0.1, -0.05) is 24.3 Å². The molecule has 152 valence electrons. The highest BCUT2D eigenvalue weighted by Gasteiger charge is 2.14. The molecule has 0 saturated carbocycles. The Balaban J connectivity index is 1.34. The van der Waals surface area contributed by atoms with E-state index in [1.165, 1.54) is 23.5 Å². The minimum atomic E-state index is -0.290. The second-order valence-electron chi connectivity index (χ2n) is 7.01. The molecular weight excluding hydrogens is 411 g/mol. The summed E-state index contributed by atoms with van der Waals surface area (Å²) >= 11 is 1.41. The highest BCUT2D eigenvalue weighted by molar-refractivity contribution is 7.10. The number of aromatic nitrogens is 3. The molecule has 3 aromatic carbocycles. The molecule has 0 unspecified atom stereocenters. The number of imidazole rings is 1. The van der Waals surface area contributed by atoms with Crippen LogP contribution in [-0.4, -0.2) is 20.9 Å². The summed E-state index contributed by atoms with van der Waals surface area (Å²) in [5.41, 5.74) is 4.86. The predicted molar refractivity (Wildman–Crippen MR) is 121 cm³/mol. The molecule has 0 fully saturated rings. The van der Waals surface area contributed by atoms with Crippen LogP contribution in [0.3, 0.4) is 0 Å². The Morgan fingerprint density at radius 1 is 0.968 bits per heavy atom. The van der Waals surface area contributed by atoms with Crippen LogP contribution < -0.4 is 5.32 Å². The smallest absolute Gasteiger partial charge is 0.231 e. The van der Waals surface area contributed by atoms with E-state index in [4.69, 9.17) is 0 Å². The van der Waals surface area contributed by atoms with Crippen LogP contribution in [0.1, 0.15) is 5.01 Å². The summed E-state index contributed by atoms with van der Waals surface area (Å²) in [5.74, 6) is 0.246. The van der Waals surface area contributed by atoms with E-state index in [9.17, 15) is 9.18 Å². The first kappa shape index (κ1) is 19.1. The number of carbonyl (C=O) groups is 1. The van der Waals surface area contributed by atoms with E-state index in [2.05, 4.69) is 20.3 Å². The quantitative estimate of drug-likeness (QED) is 0.379. The number of rotatable bonds is 5. The summed E-state index contributed by atoms with van der Waals surface area (Å²) in [4.78, 5) is 25.2. The lowest BCUT2D eigenvalue weighted by molar-refractivity contribution is -0.115. The number of halogens is 1. The maximum Gasteiger partial charge on any atom is 0.231 e. The summed E-state index contributed by atoms with van der Waals surface area (Å²) in [6, 6.07) is 21.5. The van der Waals surface area contributed by atoms with Gasteiger partial charge < -0.3 is 10.3 Å². The molecule has 2 N–H and O–H groups in total. The molecule has 0 spiro atoms. The maximum atomic E-state index is 13.1. The standard InChI is InChI=1S/C24H17FN4OS/c25-16-11-9-15(10-12-16)21-14-31-23(27-21)13-22(30)26-18-6-2-1-5-17(18)24-28-19-7-3-4-8-20(19)29-24/h1-12,14H,13H2,(H,26,30)(H,28,29). The third kappa shape index (κ3) is 4.08. The lowest BCUT2D eigenvalue weighted by Gasteiger charge is -2.08. The highest BCUT2D eigenvalue weighted by Crippen LogP contribution is 2.28. The molecule has 31 heavy (non-hydrogen) atoms. The van der Waals surface area contributed by atoms with Gasteiger partial charge in [-0.25, -0.2) is 14.4 Å². The van der Waals surface area contributed by atoms with Crippen molar-refractivity contribution in [3.8, 4) is 22.6 Å². The number of carbonyl (C=O) groups excluding carboxylic acids is 1. The number of anilines is 1. The molecule has 0 radical (unpaired) electrons. The number of amides is 1. The van der Waals surface area contributed by atoms with Crippen molar-refractivity contribution in [1.82, 2.24) is 15.0 Å². The molecule has 0 bridgehead atoms. The van der Waals surface area contributed by atoms with Crippen molar-refractivity contribution in [2.75, 3.05) is 5.32 Å². The van der Waals surface area contributed by atoms with E-state index in [0.29, 0.717) is 16.5 Å². The van der Waals surface area contributed by atoms with Crippen molar-refractivity contribution in [1.29, 1.82) is 0 Å². The zero-order valence-electron chi connectivity index (χ0n) is 16.3. The summed E-state index contributed by atoms with van der Waals surface area (Å²) in [5, 5.41) is 5.54. The number of hydrogen-bond donors (Lipinski definition) is 2.